The van der Waals surface area contributed by atoms with Gasteiger partial charge in [-0.25, -0.2) is 8.42 Å². The lowest BCUT2D eigenvalue weighted by atomic mass is 9.98. The number of likely N-dealkylation sites (N-methyl/N-ethyl adjacent to an activating group) is 1. The molecule has 1 rings (SSSR count). The van der Waals surface area contributed by atoms with Gasteiger partial charge in [-0.1, -0.05) is 0 Å². The normalized spacial score (nSPS) is 17.1. The Labute approximate surface area is 164 Å². The van der Waals surface area contributed by atoms with Gasteiger partial charge < -0.3 is 15.5 Å². The van der Waals surface area contributed by atoms with E-state index >= 15 is 0 Å². The second-order valence-corrected chi connectivity index (χ2v) is 7.65. The van der Waals surface area contributed by atoms with Crippen LogP contribution in [0.1, 0.15) is 12.8 Å². The van der Waals surface area contributed by atoms with Crippen LogP contribution in [0.15, 0.2) is 4.99 Å². The molecule has 2 N–H and O–H groups in total. The Morgan fingerprint density at radius 2 is 1.84 bits per heavy atom. The van der Waals surface area contributed by atoms with Gasteiger partial charge in [0.1, 0.15) is 0 Å². The van der Waals surface area contributed by atoms with Gasteiger partial charge in [-0.05, 0) is 18.8 Å². The summed E-state index contributed by atoms with van der Waals surface area (Å²) in [4.78, 5) is 17.0. The van der Waals surface area contributed by atoms with Crippen molar-refractivity contribution in [3.63, 3.8) is 0 Å². The molecule has 0 aliphatic carbocycles. The van der Waals surface area contributed by atoms with E-state index in [1.807, 2.05) is 0 Å². The number of nitrogens with zero attached hydrogens (tertiary/aromatic N) is 3. The summed E-state index contributed by atoms with van der Waals surface area (Å²) in [5.74, 6) is -2.85. The number of halogens is 3. The van der Waals surface area contributed by atoms with Gasteiger partial charge in [0.25, 0.3) is 10.0 Å². The maximum absolute atomic E-state index is 12.5. The molecular formula is C13H26F2IN5O3S. The van der Waals surface area contributed by atoms with Crippen molar-refractivity contribution in [1.82, 2.24) is 19.8 Å². The number of sulfonamides is 1. The van der Waals surface area contributed by atoms with Crippen molar-refractivity contribution >= 4 is 45.9 Å². The number of piperidine rings is 1. The van der Waals surface area contributed by atoms with Crippen molar-refractivity contribution in [2.75, 3.05) is 47.3 Å². The fourth-order valence-electron chi connectivity index (χ4n) is 2.26. The monoisotopic (exact) mass is 497 g/mol. The summed E-state index contributed by atoms with van der Waals surface area (Å²) >= 11 is 0. The topological polar surface area (TPSA) is 94.1 Å². The highest BCUT2D eigenvalue weighted by Gasteiger charge is 2.34. The SMILES string of the molecule is CN=C(NCC(=O)N(C)C)NCC1CCN(S(=O)(=O)C(F)F)CC1.I. The Hall–Kier alpha value is -0.760. The zero-order valence-corrected chi connectivity index (χ0v) is 17.7. The van der Waals surface area contributed by atoms with Crippen LogP contribution in [0.2, 0.25) is 0 Å². The molecule has 0 radical (unpaired) electrons. The van der Waals surface area contributed by atoms with E-state index in [4.69, 9.17) is 0 Å². The zero-order chi connectivity index (χ0) is 18.3. The quantitative estimate of drug-likeness (QED) is 0.309. The van der Waals surface area contributed by atoms with E-state index in [0.29, 0.717) is 25.3 Å². The lowest BCUT2D eigenvalue weighted by molar-refractivity contribution is -0.127. The molecule has 1 heterocycles. The molecule has 0 bridgehead atoms. The average molecular weight is 497 g/mol. The van der Waals surface area contributed by atoms with Crippen LogP contribution in [0.4, 0.5) is 8.78 Å². The second kappa shape index (κ2) is 11.1. The van der Waals surface area contributed by atoms with Gasteiger partial charge in [0, 0.05) is 40.8 Å². The Balaban J connectivity index is 0.00000576. The largest absolute Gasteiger partial charge is 0.356 e. The van der Waals surface area contributed by atoms with Crippen LogP contribution < -0.4 is 10.6 Å². The van der Waals surface area contributed by atoms with Gasteiger partial charge in [0.05, 0.1) is 6.54 Å². The Morgan fingerprint density at radius 1 is 1.28 bits per heavy atom. The summed E-state index contributed by atoms with van der Waals surface area (Å²) in [6, 6.07) is 0. The predicted molar refractivity (Wildman–Crippen MR) is 103 cm³/mol. The Morgan fingerprint density at radius 3 is 2.28 bits per heavy atom. The number of guanidine groups is 1. The second-order valence-electron chi connectivity index (χ2n) is 5.74. The number of aliphatic imine (C=N–C) groups is 1. The summed E-state index contributed by atoms with van der Waals surface area (Å²) in [5.41, 5.74) is 0. The summed E-state index contributed by atoms with van der Waals surface area (Å²) in [7, 11) is 0.401. The third-order valence-corrected chi connectivity index (χ3v) is 5.38. The molecule has 1 amide bonds. The van der Waals surface area contributed by atoms with Gasteiger partial charge in [0.2, 0.25) is 5.91 Å². The van der Waals surface area contributed by atoms with Crippen LogP contribution in [-0.2, 0) is 14.8 Å². The number of rotatable bonds is 6. The summed E-state index contributed by atoms with van der Waals surface area (Å²) in [5, 5.41) is 5.94. The van der Waals surface area contributed by atoms with Crippen LogP contribution in [0, 0.1) is 5.92 Å². The van der Waals surface area contributed by atoms with Crippen LogP contribution in [0.25, 0.3) is 0 Å². The highest BCUT2D eigenvalue weighted by molar-refractivity contribution is 14.0. The van der Waals surface area contributed by atoms with Crippen molar-refractivity contribution in [3.05, 3.63) is 0 Å². The minimum absolute atomic E-state index is 0. The highest BCUT2D eigenvalue weighted by Crippen LogP contribution is 2.22. The molecular weight excluding hydrogens is 471 g/mol. The molecule has 0 atom stereocenters. The molecule has 0 unspecified atom stereocenters. The van der Waals surface area contributed by atoms with E-state index in [1.54, 1.807) is 21.1 Å². The zero-order valence-electron chi connectivity index (χ0n) is 14.5. The number of hydrogen-bond donors (Lipinski definition) is 2. The fraction of sp³-hybridized carbons (Fsp3) is 0.846. The number of amides is 1. The van der Waals surface area contributed by atoms with Crippen LogP contribution >= 0.6 is 24.0 Å². The molecule has 12 heteroatoms. The third-order valence-electron chi connectivity index (χ3n) is 3.85. The standard InChI is InChI=1S/C13H25F2N5O3S.HI/c1-16-13(18-9-11(21)19(2)3)17-8-10-4-6-20(7-5-10)24(22,23)12(14)15;/h10,12H,4-9H2,1-3H3,(H2,16,17,18);1H. The lowest BCUT2D eigenvalue weighted by Gasteiger charge is -2.31. The summed E-state index contributed by atoms with van der Waals surface area (Å²) in [6.45, 7) is 0.810. The van der Waals surface area contributed by atoms with E-state index < -0.39 is 15.8 Å². The number of nitrogens with one attached hydrogen (secondary N) is 2. The van der Waals surface area contributed by atoms with Gasteiger partial charge in [-0.3, -0.25) is 9.79 Å². The molecule has 1 fully saturated rings. The van der Waals surface area contributed by atoms with Crippen molar-refractivity contribution in [1.29, 1.82) is 0 Å². The van der Waals surface area contributed by atoms with E-state index in [-0.39, 0.29) is 55.4 Å². The molecule has 0 saturated carbocycles. The molecule has 0 aromatic heterocycles. The van der Waals surface area contributed by atoms with Crippen molar-refractivity contribution in [2.24, 2.45) is 10.9 Å². The van der Waals surface area contributed by atoms with Crippen molar-refractivity contribution in [3.8, 4) is 0 Å². The average Bonchev–Trinajstić information content (AvgIpc) is 2.54. The van der Waals surface area contributed by atoms with Crippen LogP contribution in [0.3, 0.4) is 0 Å². The third kappa shape index (κ3) is 7.56. The van der Waals surface area contributed by atoms with Crippen molar-refractivity contribution < 1.29 is 22.0 Å². The first-order valence-electron chi connectivity index (χ1n) is 7.60. The van der Waals surface area contributed by atoms with Gasteiger partial charge in [-0.2, -0.15) is 13.1 Å². The van der Waals surface area contributed by atoms with Crippen LogP contribution in [0.5, 0.6) is 0 Å². The number of carbonyl (C=O) groups excluding carboxylic acids is 1. The molecule has 8 nitrogen and oxygen atoms in total. The highest BCUT2D eigenvalue weighted by atomic mass is 127. The molecule has 0 aromatic rings. The number of hydrogen-bond acceptors (Lipinski definition) is 4. The first kappa shape index (κ1) is 24.2. The summed E-state index contributed by atoms with van der Waals surface area (Å²) in [6.07, 6.45) is 0.985. The van der Waals surface area contributed by atoms with E-state index in [2.05, 4.69) is 15.6 Å². The molecule has 0 aromatic carbocycles. The number of carbonyl (C=O) groups is 1. The summed E-state index contributed by atoms with van der Waals surface area (Å²) < 4.78 is 48.7. The van der Waals surface area contributed by atoms with E-state index in [0.717, 1.165) is 4.31 Å². The minimum Gasteiger partial charge on any atom is -0.356 e. The van der Waals surface area contributed by atoms with Gasteiger partial charge in [0.15, 0.2) is 5.96 Å². The van der Waals surface area contributed by atoms with Crippen molar-refractivity contribution in [2.45, 2.75) is 18.6 Å². The fourth-order valence-corrected chi connectivity index (χ4v) is 3.20. The Bertz CT molecular complexity index is 552. The molecule has 1 aliphatic heterocycles. The molecule has 1 aliphatic rings. The molecule has 1 saturated heterocycles. The molecule has 148 valence electrons. The van der Waals surface area contributed by atoms with E-state index in [1.165, 1.54) is 4.90 Å². The maximum Gasteiger partial charge on any atom is 0.350 e. The predicted octanol–water partition coefficient (Wildman–Crippen LogP) is 0.122. The van der Waals surface area contributed by atoms with Gasteiger partial charge >= 0.3 is 5.76 Å². The van der Waals surface area contributed by atoms with E-state index in [9.17, 15) is 22.0 Å². The Kier molecular flexibility index (Phi) is 10.7. The smallest absolute Gasteiger partial charge is 0.350 e. The van der Waals surface area contributed by atoms with Crippen LogP contribution in [-0.4, -0.2) is 82.6 Å². The first-order valence-corrected chi connectivity index (χ1v) is 9.10. The molecule has 0 spiro atoms. The number of alkyl halides is 2. The first-order chi connectivity index (χ1) is 11.2. The lowest BCUT2D eigenvalue weighted by Crippen LogP contribution is -2.46. The molecule has 25 heavy (non-hydrogen) atoms. The maximum atomic E-state index is 12.5. The minimum atomic E-state index is -4.48. The van der Waals surface area contributed by atoms with Gasteiger partial charge in [-0.15, -0.1) is 24.0 Å².